The highest BCUT2D eigenvalue weighted by Gasteiger charge is 2.07. The van der Waals surface area contributed by atoms with E-state index in [1.807, 2.05) is 30.1 Å². The monoisotopic (exact) mass is 292 g/mol. The Morgan fingerprint density at radius 3 is 2.59 bits per heavy atom. The minimum atomic E-state index is 0.460. The van der Waals surface area contributed by atoms with Gasteiger partial charge in [-0.05, 0) is 21.5 Å². The highest BCUT2D eigenvalue weighted by Crippen LogP contribution is 2.16. The van der Waals surface area contributed by atoms with E-state index in [0.29, 0.717) is 16.4 Å². The lowest BCUT2D eigenvalue weighted by Gasteiger charge is -2.17. The Morgan fingerprint density at radius 2 is 1.94 bits per heavy atom. The summed E-state index contributed by atoms with van der Waals surface area (Å²) in [6.45, 7) is 0.747. The Kier molecular flexibility index (Phi) is 3.58. The van der Waals surface area contributed by atoms with Crippen LogP contribution in [0.15, 0.2) is 41.0 Å². The van der Waals surface area contributed by atoms with E-state index in [0.717, 1.165) is 6.54 Å². The number of aromatic nitrogens is 2. The molecule has 4 nitrogen and oxygen atoms in total. The molecule has 0 radical (unpaired) electrons. The Hall–Kier alpha value is -1.62. The predicted molar refractivity (Wildman–Crippen MR) is 72.7 cm³/mol. The van der Waals surface area contributed by atoms with E-state index in [2.05, 4.69) is 38.0 Å². The highest BCUT2D eigenvalue weighted by atomic mass is 79.9. The zero-order chi connectivity index (χ0) is 12.3. The maximum Gasteiger partial charge on any atom is 0.228 e. The van der Waals surface area contributed by atoms with Gasteiger partial charge < -0.3 is 10.6 Å². The summed E-state index contributed by atoms with van der Waals surface area (Å²) >= 11 is 3.31. The average Bonchev–Trinajstić information content (AvgIpc) is 2.29. The van der Waals surface area contributed by atoms with Crippen LogP contribution >= 0.6 is 15.9 Å². The van der Waals surface area contributed by atoms with Gasteiger partial charge in [0.25, 0.3) is 0 Å². The highest BCUT2D eigenvalue weighted by molar-refractivity contribution is 9.10. The van der Waals surface area contributed by atoms with Gasteiger partial charge in [-0.2, -0.15) is 4.98 Å². The number of hydrogen-bond donors (Lipinski definition) is 1. The number of nitrogens with two attached hydrogens (primary N) is 1. The van der Waals surface area contributed by atoms with Crippen LogP contribution in [-0.4, -0.2) is 17.0 Å². The normalized spacial score (nSPS) is 10.2. The van der Waals surface area contributed by atoms with Crippen LogP contribution in [0.2, 0.25) is 0 Å². The van der Waals surface area contributed by atoms with Crippen LogP contribution in [0, 0.1) is 0 Å². The Morgan fingerprint density at radius 1 is 1.24 bits per heavy atom. The van der Waals surface area contributed by atoms with E-state index in [9.17, 15) is 0 Å². The third kappa shape index (κ3) is 3.17. The first-order chi connectivity index (χ1) is 8.15. The molecule has 2 rings (SSSR count). The predicted octanol–water partition coefficient (Wildman–Crippen LogP) is 2.46. The quantitative estimate of drug-likeness (QED) is 0.883. The van der Waals surface area contributed by atoms with Gasteiger partial charge >= 0.3 is 0 Å². The molecule has 1 aromatic heterocycles. The summed E-state index contributed by atoms with van der Waals surface area (Å²) in [4.78, 5) is 10.4. The van der Waals surface area contributed by atoms with Crippen molar-refractivity contribution in [3.05, 3.63) is 46.6 Å². The molecule has 0 aliphatic rings. The van der Waals surface area contributed by atoms with E-state index >= 15 is 0 Å². The number of benzene rings is 1. The molecule has 2 N–H and O–H groups in total. The second-order valence-corrected chi connectivity index (χ2v) is 4.57. The molecule has 0 saturated heterocycles. The molecule has 1 aromatic carbocycles. The van der Waals surface area contributed by atoms with Gasteiger partial charge in [0.1, 0.15) is 10.4 Å². The number of nitrogen functional groups attached to an aromatic ring is 1. The molecule has 1 heterocycles. The summed E-state index contributed by atoms with van der Waals surface area (Å²) < 4.78 is 0.694. The summed E-state index contributed by atoms with van der Waals surface area (Å²) in [5.41, 5.74) is 6.89. The molecule has 2 aromatic rings. The molecule has 0 atom stereocenters. The Bertz CT molecular complexity index is 481. The van der Waals surface area contributed by atoms with Crippen molar-refractivity contribution in [2.75, 3.05) is 17.7 Å². The van der Waals surface area contributed by atoms with E-state index < -0.39 is 0 Å². The molecule has 0 amide bonds. The second kappa shape index (κ2) is 5.14. The molecule has 0 aliphatic heterocycles. The zero-order valence-electron chi connectivity index (χ0n) is 9.47. The summed E-state index contributed by atoms with van der Waals surface area (Å²) in [5, 5.41) is 0. The summed E-state index contributed by atoms with van der Waals surface area (Å²) in [5.74, 6) is 1.07. The van der Waals surface area contributed by atoms with Crippen LogP contribution in [0.1, 0.15) is 5.56 Å². The molecule has 0 unspecified atom stereocenters. The minimum absolute atomic E-state index is 0.460. The van der Waals surface area contributed by atoms with Gasteiger partial charge in [0.05, 0.1) is 0 Å². The van der Waals surface area contributed by atoms with Crippen LogP contribution < -0.4 is 10.6 Å². The van der Waals surface area contributed by atoms with Crippen molar-refractivity contribution in [3.63, 3.8) is 0 Å². The average molecular weight is 293 g/mol. The lowest BCUT2D eigenvalue weighted by atomic mass is 10.2. The summed E-state index contributed by atoms with van der Waals surface area (Å²) in [7, 11) is 1.94. The van der Waals surface area contributed by atoms with Gasteiger partial charge in [-0.3, -0.25) is 0 Å². The van der Waals surface area contributed by atoms with Crippen molar-refractivity contribution in [3.8, 4) is 0 Å². The molecule has 5 heteroatoms. The third-order valence-electron chi connectivity index (χ3n) is 2.31. The van der Waals surface area contributed by atoms with Gasteiger partial charge in [0.15, 0.2) is 0 Å². The van der Waals surface area contributed by atoms with E-state index in [4.69, 9.17) is 5.73 Å². The lowest BCUT2D eigenvalue weighted by Crippen LogP contribution is -2.19. The fourth-order valence-corrected chi connectivity index (χ4v) is 1.91. The number of nitrogens with zero attached hydrogens (tertiary/aromatic N) is 3. The smallest absolute Gasteiger partial charge is 0.228 e. The first-order valence-corrected chi connectivity index (χ1v) is 5.99. The molecule has 17 heavy (non-hydrogen) atoms. The fraction of sp³-hybridized carbons (Fsp3) is 0.167. The van der Waals surface area contributed by atoms with E-state index in [1.54, 1.807) is 6.07 Å². The molecule has 0 spiro atoms. The molecule has 88 valence electrons. The van der Waals surface area contributed by atoms with Gasteiger partial charge in [-0.25, -0.2) is 4.98 Å². The molecule has 0 bridgehead atoms. The molecule has 0 aliphatic carbocycles. The number of halogens is 1. The van der Waals surface area contributed by atoms with Gasteiger partial charge in [-0.1, -0.05) is 30.3 Å². The van der Waals surface area contributed by atoms with Crippen molar-refractivity contribution in [2.24, 2.45) is 0 Å². The van der Waals surface area contributed by atoms with Crippen LogP contribution in [0.25, 0.3) is 0 Å². The fourth-order valence-electron chi connectivity index (χ4n) is 1.52. The Balaban J connectivity index is 2.17. The van der Waals surface area contributed by atoms with Crippen molar-refractivity contribution in [2.45, 2.75) is 6.54 Å². The topological polar surface area (TPSA) is 55.0 Å². The van der Waals surface area contributed by atoms with Crippen molar-refractivity contribution in [1.82, 2.24) is 9.97 Å². The maximum absolute atomic E-state index is 5.68. The van der Waals surface area contributed by atoms with Gasteiger partial charge in [0.2, 0.25) is 5.95 Å². The number of hydrogen-bond acceptors (Lipinski definition) is 4. The summed E-state index contributed by atoms with van der Waals surface area (Å²) in [6.07, 6.45) is 0. The lowest BCUT2D eigenvalue weighted by molar-refractivity contribution is 0.865. The van der Waals surface area contributed by atoms with Crippen molar-refractivity contribution >= 4 is 27.7 Å². The van der Waals surface area contributed by atoms with Crippen molar-refractivity contribution in [1.29, 1.82) is 0 Å². The first kappa shape index (κ1) is 11.9. The van der Waals surface area contributed by atoms with Crippen LogP contribution in [0.5, 0.6) is 0 Å². The summed E-state index contributed by atoms with van der Waals surface area (Å²) in [6, 6.07) is 11.8. The van der Waals surface area contributed by atoms with Crippen LogP contribution in [0.4, 0.5) is 11.8 Å². The molecular formula is C12H13BrN4. The zero-order valence-corrected chi connectivity index (χ0v) is 11.1. The van der Waals surface area contributed by atoms with Crippen LogP contribution in [-0.2, 0) is 6.54 Å². The van der Waals surface area contributed by atoms with Crippen LogP contribution in [0.3, 0.4) is 0 Å². The standard InChI is InChI=1S/C12H13BrN4/c1-17(8-9-5-3-2-4-6-9)12-15-10(13)7-11(14)16-12/h2-7H,8H2,1H3,(H2,14,15,16). The van der Waals surface area contributed by atoms with E-state index in [-0.39, 0.29) is 0 Å². The molecule has 0 saturated carbocycles. The SMILES string of the molecule is CN(Cc1ccccc1)c1nc(N)cc(Br)n1. The van der Waals surface area contributed by atoms with E-state index in [1.165, 1.54) is 5.56 Å². The van der Waals surface area contributed by atoms with Crippen molar-refractivity contribution < 1.29 is 0 Å². The third-order valence-corrected chi connectivity index (χ3v) is 2.71. The number of rotatable bonds is 3. The largest absolute Gasteiger partial charge is 0.383 e. The minimum Gasteiger partial charge on any atom is -0.383 e. The molecule has 0 fully saturated rings. The molecular weight excluding hydrogens is 280 g/mol. The number of anilines is 2. The first-order valence-electron chi connectivity index (χ1n) is 5.20. The second-order valence-electron chi connectivity index (χ2n) is 3.76. The van der Waals surface area contributed by atoms with Gasteiger partial charge in [0, 0.05) is 19.7 Å². The Labute approximate surface area is 109 Å². The van der Waals surface area contributed by atoms with Gasteiger partial charge in [-0.15, -0.1) is 0 Å². The maximum atomic E-state index is 5.68.